The van der Waals surface area contributed by atoms with Crippen LogP contribution >= 0.6 is 0 Å². The van der Waals surface area contributed by atoms with Gasteiger partial charge in [0.15, 0.2) is 5.76 Å². The molecule has 0 spiro atoms. The molecular formula is C29H27N3O6S. The summed E-state index contributed by atoms with van der Waals surface area (Å²) in [7, 11) is -4.04. The molecule has 9 nitrogen and oxygen atoms in total. The van der Waals surface area contributed by atoms with Crippen LogP contribution in [0.2, 0.25) is 0 Å². The van der Waals surface area contributed by atoms with Crippen LogP contribution in [-0.2, 0) is 25.0 Å². The number of hydrogen-bond acceptors (Lipinski definition) is 7. The Kier molecular flexibility index (Phi) is 6.96. The number of urea groups is 1. The third-order valence-electron chi connectivity index (χ3n) is 6.72. The lowest BCUT2D eigenvalue weighted by Gasteiger charge is -2.14. The van der Waals surface area contributed by atoms with Crippen molar-refractivity contribution in [2.75, 3.05) is 11.9 Å². The van der Waals surface area contributed by atoms with Crippen molar-refractivity contribution < 1.29 is 27.3 Å². The van der Waals surface area contributed by atoms with Gasteiger partial charge in [0, 0.05) is 5.56 Å². The molecule has 2 amide bonds. The molecule has 4 aromatic rings. The average molecular weight is 546 g/mol. The van der Waals surface area contributed by atoms with Crippen LogP contribution in [0, 0.1) is 6.92 Å². The molecule has 0 atom stereocenters. The smallest absolute Gasteiger partial charge is 0.333 e. The first-order chi connectivity index (χ1) is 18.7. The minimum Gasteiger partial charge on any atom is -0.465 e. The monoisotopic (exact) mass is 545 g/mol. The van der Waals surface area contributed by atoms with Gasteiger partial charge in [-0.2, -0.15) is 0 Å². The standard InChI is InChI=1S/C29H27N3O6S/c1-3-37-27(33)29(17-18-29)23-15-13-21(14-16-23)20-9-11-22(12-10-20)26-25(19(2)31-38-26)30-28(34)32-39(35,36)24-7-5-4-6-8-24/h4-16H,3,17-18H2,1-2H3,(H2,30,32,34). The highest BCUT2D eigenvalue weighted by Crippen LogP contribution is 2.49. The van der Waals surface area contributed by atoms with Crippen LogP contribution in [0.25, 0.3) is 22.5 Å². The van der Waals surface area contributed by atoms with Gasteiger partial charge >= 0.3 is 12.0 Å². The molecule has 3 aromatic carbocycles. The Morgan fingerprint density at radius 3 is 2.10 bits per heavy atom. The second-order valence-corrected chi connectivity index (χ2v) is 11.0. The van der Waals surface area contributed by atoms with Crippen molar-refractivity contribution in [3.63, 3.8) is 0 Å². The van der Waals surface area contributed by atoms with E-state index in [2.05, 4.69) is 10.5 Å². The summed E-state index contributed by atoms with van der Waals surface area (Å²) in [6, 6.07) is 22.0. The number of aromatic nitrogens is 1. The van der Waals surface area contributed by atoms with E-state index in [-0.39, 0.29) is 16.6 Å². The zero-order chi connectivity index (χ0) is 27.6. The number of esters is 1. The van der Waals surface area contributed by atoms with Crippen LogP contribution in [0.4, 0.5) is 10.5 Å². The zero-order valence-electron chi connectivity index (χ0n) is 21.4. The summed E-state index contributed by atoms with van der Waals surface area (Å²) in [5.41, 5.74) is 3.68. The maximum Gasteiger partial charge on any atom is 0.333 e. The quantitative estimate of drug-likeness (QED) is 0.283. The lowest BCUT2D eigenvalue weighted by Crippen LogP contribution is -2.34. The summed E-state index contributed by atoms with van der Waals surface area (Å²) < 4.78 is 37.7. The first kappa shape index (κ1) is 26.2. The average Bonchev–Trinajstić information content (AvgIpc) is 3.68. The van der Waals surface area contributed by atoms with Crippen LogP contribution in [0.15, 0.2) is 88.3 Å². The Morgan fingerprint density at radius 1 is 0.923 bits per heavy atom. The summed E-state index contributed by atoms with van der Waals surface area (Å²) in [4.78, 5) is 24.9. The molecule has 10 heteroatoms. The van der Waals surface area contributed by atoms with Crippen molar-refractivity contribution in [3.8, 4) is 22.5 Å². The molecular weight excluding hydrogens is 518 g/mol. The van der Waals surface area contributed by atoms with E-state index in [0.717, 1.165) is 29.5 Å². The van der Waals surface area contributed by atoms with Crippen LogP contribution in [0.3, 0.4) is 0 Å². The van der Waals surface area contributed by atoms with Gasteiger partial charge < -0.3 is 14.6 Å². The molecule has 0 saturated heterocycles. The zero-order valence-corrected chi connectivity index (χ0v) is 22.2. The van der Waals surface area contributed by atoms with E-state index in [1.807, 2.05) is 60.2 Å². The molecule has 200 valence electrons. The van der Waals surface area contributed by atoms with Crippen LogP contribution in [0.1, 0.15) is 31.0 Å². The van der Waals surface area contributed by atoms with E-state index in [0.29, 0.717) is 23.6 Å². The maximum atomic E-state index is 12.6. The normalized spacial score (nSPS) is 13.9. The molecule has 0 bridgehead atoms. The highest BCUT2D eigenvalue weighted by molar-refractivity contribution is 7.90. The first-order valence-corrected chi connectivity index (χ1v) is 14.0. The van der Waals surface area contributed by atoms with E-state index in [1.165, 1.54) is 12.1 Å². The van der Waals surface area contributed by atoms with Gasteiger partial charge in [-0.1, -0.05) is 71.9 Å². The molecule has 1 aliphatic rings. The summed E-state index contributed by atoms with van der Waals surface area (Å²) in [6.45, 7) is 3.82. The van der Waals surface area contributed by atoms with Crippen molar-refractivity contribution in [3.05, 3.63) is 90.1 Å². The van der Waals surface area contributed by atoms with Gasteiger partial charge in [-0.15, -0.1) is 0 Å². The summed E-state index contributed by atoms with van der Waals surface area (Å²) in [6.07, 6.45) is 1.59. The Balaban J connectivity index is 1.31. The number of rotatable bonds is 8. The van der Waals surface area contributed by atoms with E-state index in [9.17, 15) is 18.0 Å². The Morgan fingerprint density at radius 2 is 1.51 bits per heavy atom. The van der Waals surface area contributed by atoms with Crippen LogP contribution in [0.5, 0.6) is 0 Å². The predicted octanol–water partition coefficient (Wildman–Crippen LogP) is 5.42. The molecule has 1 heterocycles. The van der Waals surface area contributed by atoms with Crippen LogP contribution < -0.4 is 10.0 Å². The number of carbonyl (C=O) groups excluding carboxylic acids is 2. The van der Waals surface area contributed by atoms with Gasteiger partial charge in [0.05, 0.1) is 16.9 Å². The second-order valence-electron chi connectivity index (χ2n) is 9.30. The number of nitrogens with one attached hydrogen (secondary N) is 2. The molecule has 1 saturated carbocycles. The highest BCUT2D eigenvalue weighted by atomic mass is 32.2. The van der Waals surface area contributed by atoms with Gasteiger partial charge in [0.1, 0.15) is 11.4 Å². The Bertz CT molecular complexity index is 1610. The van der Waals surface area contributed by atoms with Gasteiger partial charge in [-0.05, 0) is 55.5 Å². The SMILES string of the molecule is CCOC(=O)C1(c2ccc(-c3ccc(-c4onc(C)c4NC(=O)NS(=O)(=O)c4ccccc4)cc3)cc2)CC1. The maximum absolute atomic E-state index is 12.6. The molecule has 1 aromatic heterocycles. The minimum atomic E-state index is -4.04. The van der Waals surface area contributed by atoms with Gasteiger partial charge in [0.25, 0.3) is 10.0 Å². The number of aryl methyl sites for hydroxylation is 1. The molecule has 2 N–H and O–H groups in total. The largest absolute Gasteiger partial charge is 0.465 e. The second kappa shape index (κ2) is 10.4. The number of anilines is 1. The Labute approximate surface area is 226 Å². The fraction of sp³-hybridized carbons (Fsp3) is 0.207. The Hall–Kier alpha value is -4.44. The summed E-state index contributed by atoms with van der Waals surface area (Å²) in [5, 5.41) is 6.49. The molecule has 0 radical (unpaired) electrons. The number of carbonyl (C=O) groups is 2. The molecule has 1 aliphatic carbocycles. The van der Waals surface area contributed by atoms with Crippen molar-refractivity contribution >= 4 is 27.7 Å². The third kappa shape index (κ3) is 5.28. The van der Waals surface area contributed by atoms with Crippen molar-refractivity contribution in [1.29, 1.82) is 0 Å². The number of sulfonamides is 1. The lowest BCUT2D eigenvalue weighted by molar-refractivity contribution is -0.146. The predicted molar refractivity (Wildman–Crippen MR) is 145 cm³/mol. The third-order valence-corrected chi connectivity index (χ3v) is 8.06. The number of ether oxygens (including phenoxy) is 1. The van der Waals surface area contributed by atoms with E-state index in [1.54, 1.807) is 25.1 Å². The van der Waals surface area contributed by atoms with Crippen molar-refractivity contribution in [1.82, 2.24) is 9.88 Å². The molecule has 0 unspecified atom stereocenters. The summed E-state index contributed by atoms with van der Waals surface area (Å²) >= 11 is 0. The number of nitrogens with zero attached hydrogens (tertiary/aromatic N) is 1. The summed E-state index contributed by atoms with van der Waals surface area (Å²) in [5.74, 6) is 0.131. The fourth-order valence-electron chi connectivity index (χ4n) is 4.43. The molecule has 5 rings (SSSR count). The van der Waals surface area contributed by atoms with E-state index in [4.69, 9.17) is 9.26 Å². The number of amides is 2. The molecule has 1 fully saturated rings. The number of benzene rings is 3. The minimum absolute atomic E-state index is 0.0285. The molecule has 0 aliphatic heterocycles. The molecule has 39 heavy (non-hydrogen) atoms. The van der Waals surface area contributed by atoms with Crippen molar-refractivity contribution in [2.24, 2.45) is 0 Å². The number of hydrogen-bond donors (Lipinski definition) is 2. The first-order valence-electron chi connectivity index (χ1n) is 12.5. The van der Waals surface area contributed by atoms with Gasteiger partial charge in [-0.25, -0.2) is 17.9 Å². The van der Waals surface area contributed by atoms with E-state index >= 15 is 0 Å². The van der Waals surface area contributed by atoms with Gasteiger partial charge in [0.2, 0.25) is 0 Å². The van der Waals surface area contributed by atoms with Crippen molar-refractivity contribution in [2.45, 2.75) is 37.0 Å². The van der Waals surface area contributed by atoms with E-state index < -0.39 is 21.5 Å². The lowest BCUT2D eigenvalue weighted by atomic mass is 9.93. The topological polar surface area (TPSA) is 128 Å². The fourth-order valence-corrected chi connectivity index (χ4v) is 5.36. The van der Waals surface area contributed by atoms with Crippen LogP contribution in [-0.4, -0.2) is 32.2 Å². The highest BCUT2D eigenvalue weighted by Gasteiger charge is 2.52. The van der Waals surface area contributed by atoms with Gasteiger partial charge in [-0.3, -0.25) is 4.79 Å².